The van der Waals surface area contributed by atoms with Gasteiger partial charge >= 0.3 is 12.0 Å². The summed E-state index contributed by atoms with van der Waals surface area (Å²) in [6, 6.07) is 0.0626. The van der Waals surface area contributed by atoms with Gasteiger partial charge in [0.1, 0.15) is 0 Å². The molecule has 1 saturated heterocycles. The highest BCUT2D eigenvalue weighted by Crippen LogP contribution is 2.19. The summed E-state index contributed by atoms with van der Waals surface area (Å²) in [7, 11) is 4.01. The summed E-state index contributed by atoms with van der Waals surface area (Å²) < 4.78 is 0. The van der Waals surface area contributed by atoms with Crippen LogP contribution in [0.4, 0.5) is 4.79 Å². The third-order valence-electron chi connectivity index (χ3n) is 3.42. The lowest BCUT2D eigenvalue weighted by Crippen LogP contribution is -2.43. The van der Waals surface area contributed by atoms with Crippen molar-refractivity contribution in [3.63, 3.8) is 0 Å². The minimum Gasteiger partial charge on any atom is -0.481 e. The Bertz CT molecular complexity index is 320. The number of nitrogens with one attached hydrogen (secondary N) is 1. The average molecular weight is 271 g/mol. The van der Waals surface area contributed by atoms with E-state index in [2.05, 4.69) is 10.2 Å². The molecule has 6 heteroatoms. The quantitative estimate of drug-likeness (QED) is 0.750. The number of hydrogen-bond donors (Lipinski definition) is 2. The Morgan fingerprint density at radius 3 is 2.74 bits per heavy atom. The van der Waals surface area contributed by atoms with Crippen LogP contribution in [0.1, 0.15) is 26.2 Å². The van der Waals surface area contributed by atoms with E-state index >= 15 is 0 Å². The van der Waals surface area contributed by atoms with E-state index in [9.17, 15) is 9.59 Å². The van der Waals surface area contributed by atoms with Crippen LogP contribution in [0.15, 0.2) is 0 Å². The zero-order valence-electron chi connectivity index (χ0n) is 12.1. The molecule has 19 heavy (non-hydrogen) atoms. The zero-order chi connectivity index (χ0) is 14.4. The Balaban J connectivity index is 2.28. The fourth-order valence-corrected chi connectivity index (χ4v) is 2.26. The second kappa shape index (κ2) is 7.33. The van der Waals surface area contributed by atoms with Crippen LogP contribution in [0.5, 0.6) is 0 Å². The van der Waals surface area contributed by atoms with Gasteiger partial charge in [-0.2, -0.15) is 0 Å². The van der Waals surface area contributed by atoms with Crippen molar-refractivity contribution in [2.24, 2.45) is 5.92 Å². The summed E-state index contributed by atoms with van der Waals surface area (Å²) in [6.07, 6.45) is 1.84. The van der Waals surface area contributed by atoms with Gasteiger partial charge in [0.15, 0.2) is 0 Å². The molecule has 110 valence electrons. The Morgan fingerprint density at radius 1 is 1.47 bits per heavy atom. The Kier molecular flexibility index (Phi) is 6.08. The van der Waals surface area contributed by atoms with Gasteiger partial charge in [0.25, 0.3) is 0 Å². The van der Waals surface area contributed by atoms with Gasteiger partial charge in [0, 0.05) is 25.6 Å². The van der Waals surface area contributed by atoms with Crippen molar-refractivity contribution in [2.75, 3.05) is 33.7 Å². The number of urea groups is 1. The molecular weight excluding hydrogens is 246 g/mol. The first kappa shape index (κ1) is 15.8. The molecule has 2 N–H and O–H groups in total. The molecule has 2 atom stereocenters. The van der Waals surface area contributed by atoms with Crippen molar-refractivity contribution in [2.45, 2.75) is 32.2 Å². The summed E-state index contributed by atoms with van der Waals surface area (Å²) in [5, 5.41) is 11.7. The van der Waals surface area contributed by atoms with Crippen molar-refractivity contribution in [1.82, 2.24) is 15.1 Å². The van der Waals surface area contributed by atoms with Crippen LogP contribution in [0, 0.1) is 5.92 Å². The lowest BCUT2D eigenvalue weighted by molar-refractivity contribution is -0.138. The Hall–Kier alpha value is -1.30. The number of nitrogens with zero attached hydrogens (tertiary/aromatic N) is 2. The highest BCUT2D eigenvalue weighted by atomic mass is 16.4. The summed E-state index contributed by atoms with van der Waals surface area (Å²) in [5.74, 6) is -0.688. The molecule has 0 radical (unpaired) electrons. The van der Waals surface area contributed by atoms with Gasteiger partial charge in [-0.3, -0.25) is 4.79 Å². The highest BCUT2D eigenvalue weighted by Gasteiger charge is 2.28. The summed E-state index contributed by atoms with van der Waals surface area (Å²) in [6.45, 7) is 4.14. The largest absolute Gasteiger partial charge is 0.481 e. The molecule has 2 amide bonds. The first-order chi connectivity index (χ1) is 8.88. The van der Waals surface area contributed by atoms with Gasteiger partial charge < -0.3 is 20.2 Å². The van der Waals surface area contributed by atoms with Crippen LogP contribution in [0.3, 0.4) is 0 Å². The van der Waals surface area contributed by atoms with Gasteiger partial charge in [-0.1, -0.05) is 0 Å². The monoisotopic (exact) mass is 271 g/mol. The van der Waals surface area contributed by atoms with Gasteiger partial charge in [0.05, 0.1) is 0 Å². The number of carbonyl (C=O) groups is 2. The molecule has 0 aromatic heterocycles. The van der Waals surface area contributed by atoms with Crippen LogP contribution >= 0.6 is 0 Å². The molecule has 0 bridgehead atoms. The Morgan fingerprint density at radius 2 is 2.16 bits per heavy atom. The molecule has 6 nitrogen and oxygen atoms in total. The van der Waals surface area contributed by atoms with E-state index in [1.165, 1.54) is 0 Å². The summed E-state index contributed by atoms with van der Waals surface area (Å²) >= 11 is 0. The molecular formula is C13H25N3O3. The highest BCUT2D eigenvalue weighted by molar-refractivity contribution is 5.75. The molecule has 1 aliphatic rings. The van der Waals surface area contributed by atoms with E-state index < -0.39 is 5.97 Å². The van der Waals surface area contributed by atoms with Gasteiger partial charge in [-0.25, -0.2) is 4.79 Å². The molecule has 0 aromatic rings. The predicted octanol–water partition coefficient (Wildman–Crippen LogP) is 0.833. The van der Waals surface area contributed by atoms with Gasteiger partial charge in [-0.05, 0) is 46.3 Å². The smallest absolute Gasteiger partial charge is 0.317 e. The number of aliphatic carboxylic acids is 1. The first-order valence-corrected chi connectivity index (χ1v) is 6.80. The molecule has 0 aliphatic carbocycles. The number of carboxylic acid groups (broad SMARTS) is 1. The van der Waals surface area contributed by atoms with E-state index in [0.717, 1.165) is 19.4 Å². The van der Waals surface area contributed by atoms with Gasteiger partial charge in [0.2, 0.25) is 0 Å². The summed E-state index contributed by atoms with van der Waals surface area (Å²) in [5.41, 5.74) is 0. The average Bonchev–Trinajstić information content (AvgIpc) is 2.74. The third kappa shape index (κ3) is 5.92. The molecule has 0 aromatic carbocycles. The van der Waals surface area contributed by atoms with E-state index in [-0.39, 0.29) is 24.4 Å². The van der Waals surface area contributed by atoms with Crippen LogP contribution in [0.2, 0.25) is 0 Å². The number of carbonyl (C=O) groups excluding carboxylic acids is 1. The van der Waals surface area contributed by atoms with Gasteiger partial charge in [-0.15, -0.1) is 0 Å². The second-order valence-corrected chi connectivity index (χ2v) is 5.64. The minimum absolute atomic E-state index is 0.0702. The van der Waals surface area contributed by atoms with Crippen LogP contribution < -0.4 is 5.32 Å². The first-order valence-electron chi connectivity index (χ1n) is 6.80. The summed E-state index contributed by atoms with van der Waals surface area (Å²) in [4.78, 5) is 26.4. The van der Waals surface area contributed by atoms with Crippen molar-refractivity contribution in [3.8, 4) is 0 Å². The van der Waals surface area contributed by atoms with Crippen molar-refractivity contribution in [3.05, 3.63) is 0 Å². The maximum Gasteiger partial charge on any atom is 0.317 e. The standard InChI is InChI=1S/C13H25N3O3/c1-10(4-6-15(2)3)14-13(19)16-7-5-11(9-16)8-12(17)18/h10-11H,4-9H2,1-3H3,(H,14,19)(H,17,18). The molecule has 1 aliphatic heterocycles. The topological polar surface area (TPSA) is 72.9 Å². The van der Waals surface area contributed by atoms with E-state index in [1.807, 2.05) is 21.0 Å². The molecule has 0 saturated carbocycles. The number of rotatable bonds is 6. The lowest BCUT2D eigenvalue weighted by Gasteiger charge is -2.22. The van der Waals surface area contributed by atoms with Crippen LogP contribution in [0.25, 0.3) is 0 Å². The fraction of sp³-hybridized carbons (Fsp3) is 0.846. The molecule has 1 rings (SSSR count). The maximum absolute atomic E-state index is 12.0. The predicted molar refractivity (Wildman–Crippen MR) is 73.1 cm³/mol. The zero-order valence-corrected chi connectivity index (χ0v) is 12.1. The van der Waals surface area contributed by atoms with E-state index in [1.54, 1.807) is 4.90 Å². The van der Waals surface area contributed by atoms with E-state index in [0.29, 0.717) is 13.1 Å². The minimum atomic E-state index is -0.786. The lowest BCUT2D eigenvalue weighted by atomic mass is 10.1. The number of hydrogen-bond acceptors (Lipinski definition) is 3. The van der Waals surface area contributed by atoms with Crippen molar-refractivity contribution in [1.29, 1.82) is 0 Å². The Labute approximate surface area is 114 Å². The third-order valence-corrected chi connectivity index (χ3v) is 3.42. The van der Waals surface area contributed by atoms with E-state index in [4.69, 9.17) is 5.11 Å². The fourth-order valence-electron chi connectivity index (χ4n) is 2.26. The molecule has 1 heterocycles. The molecule has 2 unspecified atom stereocenters. The SMILES string of the molecule is CC(CCN(C)C)NC(=O)N1CCC(CC(=O)O)C1. The number of likely N-dealkylation sites (tertiary alicyclic amines) is 1. The van der Waals surface area contributed by atoms with Crippen molar-refractivity contribution < 1.29 is 14.7 Å². The van der Waals surface area contributed by atoms with Crippen LogP contribution in [-0.2, 0) is 4.79 Å². The van der Waals surface area contributed by atoms with Crippen molar-refractivity contribution >= 4 is 12.0 Å². The number of amides is 2. The number of carboxylic acids is 1. The normalized spacial score (nSPS) is 20.6. The van der Waals surface area contributed by atoms with Crippen LogP contribution in [-0.4, -0.2) is 66.7 Å². The molecule has 0 spiro atoms. The molecule has 1 fully saturated rings. The maximum atomic E-state index is 12.0. The second-order valence-electron chi connectivity index (χ2n) is 5.64.